The molecule has 0 radical (unpaired) electrons. The molecule has 51 heavy (non-hydrogen) atoms. The molecule has 0 atom stereocenters. The lowest BCUT2D eigenvalue weighted by Gasteiger charge is -2.10. The van der Waals surface area contributed by atoms with Crippen molar-refractivity contribution in [3.8, 4) is 33.6 Å². The van der Waals surface area contributed by atoms with Gasteiger partial charge in [-0.05, 0) is 89.0 Å². The Morgan fingerprint density at radius 3 is 1.59 bits per heavy atom. The molecule has 0 bridgehead atoms. The number of hydrogen-bond donors (Lipinski definition) is 0. The van der Waals surface area contributed by atoms with E-state index in [0.29, 0.717) is 0 Å². The van der Waals surface area contributed by atoms with E-state index in [2.05, 4.69) is 185 Å². The van der Waals surface area contributed by atoms with Crippen molar-refractivity contribution >= 4 is 65.6 Å². The first-order valence-corrected chi connectivity index (χ1v) is 17.4. The third-order valence-electron chi connectivity index (χ3n) is 10.5. The Labute approximate surface area is 293 Å². The first-order chi connectivity index (χ1) is 25.3. The summed E-state index contributed by atoms with van der Waals surface area (Å²) in [6.07, 6.45) is 0. The van der Waals surface area contributed by atoms with Crippen LogP contribution in [0.25, 0.3) is 99.2 Å². The summed E-state index contributed by atoms with van der Waals surface area (Å²) in [5, 5.41) is 7.18. The van der Waals surface area contributed by atoms with Crippen LogP contribution in [0.1, 0.15) is 0 Å². The van der Waals surface area contributed by atoms with Gasteiger partial charge >= 0.3 is 0 Å². The molecule has 11 rings (SSSR count). The van der Waals surface area contributed by atoms with E-state index < -0.39 is 0 Å². The van der Waals surface area contributed by atoms with E-state index >= 15 is 0 Å². The van der Waals surface area contributed by atoms with Gasteiger partial charge in [0.1, 0.15) is 11.2 Å². The van der Waals surface area contributed by atoms with Crippen LogP contribution < -0.4 is 0 Å². The highest BCUT2D eigenvalue weighted by molar-refractivity contribution is 6.23. The Balaban J connectivity index is 0.962. The lowest BCUT2D eigenvalue weighted by molar-refractivity contribution is 0.673. The molecular weight excluding hydrogens is 621 g/mol. The summed E-state index contributed by atoms with van der Waals surface area (Å²) in [7, 11) is 0. The third-order valence-corrected chi connectivity index (χ3v) is 10.5. The van der Waals surface area contributed by atoms with Crippen molar-refractivity contribution < 1.29 is 4.42 Å². The average Bonchev–Trinajstić information content (AvgIpc) is 3.86. The summed E-state index contributed by atoms with van der Waals surface area (Å²) in [6, 6.07) is 65.4. The molecule has 3 heteroatoms. The highest BCUT2D eigenvalue weighted by Crippen LogP contribution is 2.41. The van der Waals surface area contributed by atoms with Gasteiger partial charge < -0.3 is 13.6 Å². The quantitative estimate of drug-likeness (QED) is 0.186. The maximum atomic E-state index is 6.49. The van der Waals surface area contributed by atoms with Crippen molar-refractivity contribution in [3.05, 3.63) is 182 Å². The number of furan rings is 1. The second-order valence-corrected chi connectivity index (χ2v) is 13.3. The Morgan fingerprint density at radius 1 is 0.314 bits per heavy atom. The van der Waals surface area contributed by atoms with E-state index in [9.17, 15) is 0 Å². The number of hydrogen-bond acceptors (Lipinski definition) is 1. The molecule has 0 aliphatic rings. The van der Waals surface area contributed by atoms with Crippen LogP contribution in [-0.4, -0.2) is 9.13 Å². The lowest BCUT2D eigenvalue weighted by Crippen LogP contribution is -1.93. The molecule has 0 saturated heterocycles. The zero-order valence-electron chi connectivity index (χ0n) is 27.6. The fraction of sp³-hybridized carbons (Fsp3) is 0. The number of nitrogens with zero attached hydrogens (tertiary/aromatic N) is 2. The summed E-state index contributed by atoms with van der Waals surface area (Å²) in [4.78, 5) is 0. The van der Waals surface area contributed by atoms with Crippen molar-refractivity contribution in [2.75, 3.05) is 0 Å². The number of fused-ring (bicyclic) bond motifs is 10. The topological polar surface area (TPSA) is 23.0 Å². The van der Waals surface area contributed by atoms with E-state index in [0.717, 1.165) is 38.5 Å². The van der Waals surface area contributed by atoms with Crippen LogP contribution in [0.15, 0.2) is 186 Å². The van der Waals surface area contributed by atoms with E-state index in [-0.39, 0.29) is 0 Å². The molecule has 0 saturated carbocycles. The zero-order chi connectivity index (χ0) is 33.5. The number of aromatic nitrogens is 2. The van der Waals surface area contributed by atoms with Crippen LogP contribution in [0.2, 0.25) is 0 Å². The zero-order valence-corrected chi connectivity index (χ0v) is 27.6. The van der Waals surface area contributed by atoms with Crippen molar-refractivity contribution in [2.45, 2.75) is 0 Å². The molecule has 3 heterocycles. The van der Waals surface area contributed by atoms with Gasteiger partial charge in [-0.3, -0.25) is 0 Å². The molecule has 0 aliphatic heterocycles. The highest BCUT2D eigenvalue weighted by atomic mass is 16.3. The predicted octanol–water partition coefficient (Wildman–Crippen LogP) is 13.1. The van der Waals surface area contributed by atoms with Gasteiger partial charge in [-0.15, -0.1) is 0 Å². The number of benzene rings is 8. The Bertz CT molecular complexity index is 3100. The van der Waals surface area contributed by atoms with Crippen molar-refractivity contribution in [1.82, 2.24) is 9.13 Å². The molecule has 3 aromatic heterocycles. The summed E-state index contributed by atoms with van der Waals surface area (Å²) >= 11 is 0. The van der Waals surface area contributed by atoms with Crippen LogP contribution >= 0.6 is 0 Å². The minimum Gasteiger partial charge on any atom is -0.455 e. The highest BCUT2D eigenvalue weighted by Gasteiger charge is 2.18. The molecule has 0 N–H and O–H groups in total. The summed E-state index contributed by atoms with van der Waals surface area (Å²) in [5.74, 6) is 0. The molecular formula is C48H30N2O. The second-order valence-electron chi connectivity index (χ2n) is 13.3. The van der Waals surface area contributed by atoms with Gasteiger partial charge in [0.25, 0.3) is 0 Å². The van der Waals surface area contributed by atoms with Gasteiger partial charge in [0, 0.05) is 38.3 Å². The molecule has 0 amide bonds. The van der Waals surface area contributed by atoms with Gasteiger partial charge in [-0.25, -0.2) is 0 Å². The smallest absolute Gasteiger partial charge is 0.145 e. The standard InChI is InChI=1S/C48H30N2O/c1-2-10-35(11-3-1)49-42-15-7-4-12-37(42)41-30-34(24-28-44(41)49)33-20-18-31(19-21-33)32-22-25-36(26-23-32)50-43-16-8-5-14-40(43)47-45(50)29-27-39-38-13-6-9-17-46(38)51-48(39)47/h1-30H. The van der Waals surface area contributed by atoms with Crippen molar-refractivity contribution in [1.29, 1.82) is 0 Å². The fourth-order valence-corrected chi connectivity index (χ4v) is 8.18. The third kappa shape index (κ3) is 4.19. The molecule has 0 unspecified atom stereocenters. The van der Waals surface area contributed by atoms with Crippen molar-refractivity contribution in [3.63, 3.8) is 0 Å². The molecule has 0 fully saturated rings. The number of para-hydroxylation sites is 4. The molecule has 8 aromatic carbocycles. The van der Waals surface area contributed by atoms with E-state index in [1.807, 2.05) is 6.07 Å². The van der Waals surface area contributed by atoms with Gasteiger partial charge in [0.2, 0.25) is 0 Å². The molecule has 238 valence electrons. The minimum absolute atomic E-state index is 0.920. The summed E-state index contributed by atoms with van der Waals surface area (Å²) in [6.45, 7) is 0. The largest absolute Gasteiger partial charge is 0.455 e. The van der Waals surface area contributed by atoms with E-state index in [1.165, 1.54) is 60.6 Å². The van der Waals surface area contributed by atoms with Gasteiger partial charge in [-0.1, -0.05) is 115 Å². The van der Waals surface area contributed by atoms with E-state index in [4.69, 9.17) is 4.42 Å². The molecule has 3 nitrogen and oxygen atoms in total. The van der Waals surface area contributed by atoms with Crippen LogP contribution in [0.3, 0.4) is 0 Å². The van der Waals surface area contributed by atoms with Crippen LogP contribution in [0.5, 0.6) is 0 Å². The minimum atomic E-state index is 0.920. The Kier molecular flexibility index (Phi) is 5.96. The van der Waals surface area contributed by atoms with Crippen LogP contribution in [0, 0.1) is 0 Å². The summed E-state index contributed by atoms with van der Waals surface area (Å²) < 4.78 is 11.2. The first-order valence-electron chi connectivity index (χ1n) is 17.4. The number of rotatable bonds is 4. The van der Waals surface area contributed by atoms with E-state index in [1.54, 1.807) is 0 Å². The second kappa shape index (κ2) is 10.8. The SMILES string of the molecule is c1ccc(-n2c3ccccc3c3cc(-c4ccc(-c5ccc(-n6c7ccccc7c7c8oc9ccccc9c8ccc76)cc5)cc4)ccc32)cc1. The normalized spacial score (nSPS) is 11.9. The Morgan fingerprint density at radius 2 is 0.824 bits per heavy atom. The molecule has 0 spiro atoms. The lowest BCUT2D eigenvalue weighted by atomic mass is 9.99. The average molecular weight is 651 g/mol. The Hall–Kier alpha value is -6.84. The molecule has 11 aromatic rings. The van der Waals surface area contributed by atoms with Gasteiger partial charge in [0.15, 0.2) is 0 Å². The van der Waals surface area contributed by atoms with Crippen LogP contribution in [0.4, 0.5) is 0 Å². The monoisotopic (exact) mass is 650 g/mol. The van der Waals surface area contributed by atoms with Gasteiger partial charge in [-0.2, -0.15) is 0 Å². The van der Waals surface area contributed by atoms with Crippen molar-refractivity contribution in [2.24, 2.45) is 0 Å². The maximum absolute atomic E-state index is 6.49. The summed E-state index contributed by atoms with van der Waals surface area (Å²) in [5.41, 5.74) is 13.7. The predicted molar refractivity (Wildman–Crippen MR) is 213 cm³/mol. The van der Waals surface area contributed by atoms with Gasteiger partial charge in [0.05, 0.1) is 27.5 Å². The molecule has 0 aliphatic carbocycles. The van der Waals surface area contributed by atoms with Crippen LogP contribution in [-0.2, 0) is 0 Å². The first kappa shape index (κ1) is 28.0. The maximum Gasteiger partial charge on any atom is 0.145 e. The fourth-order valence-electron chi connectivity index (χ4n) is 8.18.